The van der Waals surface area contributed by atoms with Crippen LogP contribution in [-0.4, -0.2) is 6.29 Å². The monoisotopic (exact) mass is 139 g/mol. The molecule has 0 aromatic carbocycles. The molecule has 1 heterocycles. The Morgan fingerprint density at radius 3 is 3.00 bits per heavy atom. The fourth-order valence-electron chi connectivity index (χ4n) is 0.614. The fourth-order valence-corrected chi connectivity index (χ4v) is 0.614. The van der Waals surface area contributed by atoms with E-state index in [0.29, 0.717) is 11.8 Å². The number of nitrogens with zero attached hydrogens (tertiary/aromatic N) is 1. The average Bonchev–Trinajstić information content (AvgIpc) is 2.37. The van der Waals surface area contributed by atoms with E-state index in [0.717, 1.165) is 0 Å². The number of nitroso groups, excluding NO2 is 1. The number of aldehydes is 1. The van der Waals surface area contributed by atoms with Crippen molar-refractivity contribution in [1.29, 1.82) is 0 Å². The molecule has 4 nitrogen and oxygen atoms in total. The summed E-state index contributed by atoms with van der Waals surface area (Å²) in [6.07, 6.45) is 1.92. The van der Waals surface area contributed by atoms with Crippen LogP contribution < -0.4 is 0 Å². The van der Waals surface area contributed by atoms with Gasteiger partial charge in [-0.3, -0.25) is 4.79 Å². The Kier molecular flexibility index (Phi) is 1.94. The van der Waals surface area contributed by atoms with Gasteiger partial charge in [0.25, 0.3) is 0 Å². The smallest absolute Gasteiger partial charge is 0.185 e. The summed E-state index contributed by atoms with van der Waals surface area (Å²) in [7, 11) is 0. The minimum absolute atomic E-state index is 0.0529. The van der Waals surface area contributed by atoms with E-state index in [9.17, 15) is 9.70 Å². The van der Waals surface area contributed by atoms with Gasteiger partial charge in [-0.2, -0.15) is 4.91 Å². The largest absolute Gasteiger partial charge is 0.461 e. The Hall–Kier alpha value is -1.45. The second-order valence-corrected chi connectivity index (χ2v) is 1.76. The van der Waals surface area contributed by atoms with Gasteiger partial charge in [-0.1, -0.05) is 5.18 Å². The molecular formula is C6H5NO3. The summed E-state index contributed by atoms with van der Waals surface area (Å²) in [5.74, 6) is 0.221. The molecule has 1 aromatic heterocycles. The van der Waals surface area contributed by atoms with E-state index in [2.05, 4.69) is 5.18 Å². The Morgan fingerprint density at radius 1 is 1.70 bits per heavy atom. The zero-order valence-corrected chi connectivity index (χ0v) is 5.11. The van der Waals surface area contributed by atoms with Gasteiger partial charge in [0.15, 0.2) is 12.0 Å². The van der Waals surface area contributed by atoms with Gasteiger partial charge in [0.1, 0.15) is 6.54 Å². The summed E-state index contributed by atoms with van der Waals surface area (Å²) >= 11 is 0. The van der Waals surface area contributed by atoms with Crippen LogP contribution in [0.4, 0.5) is 0 Å². The number of carbonyl (C=O) groups excluding carboxylic acids is 1. The lowest BCUT2D eigenvalue weighted by Crippen LogP contribution is -1.72. The molecule has 0 fully saturated rings. The Bertz CT molecular complexity index is 241. The number of carbonyl (C=O) groups is 1. The van der Waals surface area contributed by atoms with E-state index >= 15 is 0 Å². The van der Waals surface area contributed by atoms with Crippen molar-refractivity contribution in [2.24, 2.45) is 5.18 Å². The maximum Gasteiger partial charge on any atom is 0.185 e. The van der Waals surface area contributed by atoms with Crippen molar-refractivity contribution < 1.29 is 9.21 Å². The molecule has 52 valence electrons. The molecule has 10 heavy (non-hydrogen) atoms. The molecule has 0 bridgehead atoms. The number of hydrogen-bond acceptors (Lipinski definition) is 4. The highest BCUT2D eigenvalue weighted by atomic mass is 16.3. The molecule has 0 spiro atoms. The predicted octanol–water partition coefficient (Wildman–Crippen LogP) is 1.36. The van der Waals surface area contributed by atoms with Crippen LogP contribution in [0, 0.1) is 4.91 Å². The first-order valence-corrected chi connectivity index (χ1v) is 2.68. The van der Waals surface area contributed by atoms with E-state index < -0.39 is 0 Å². The third kappa shape index (κ3) is 1.28. The van der Waals surface area contributed by atoms with Crippen molar-refractivity contribution in [3.63, 3.8) is 0 Å². The molecule has 0 unspecified atom stereocenters. The SMILES string of the molecule is O=Cc1cc(CN=O)co1. The van der Waals surface area contributed by atoms with Crippen molar-refractivity contribution in [2.75, 3.05) is 0 Å². The highest BCUT2D eigenvalue weighted by molar-refractivity contribution is 5.70. The first-order chi connectivity index (χ1) is 4.86. The minimum atomic E-state index is 0.0529. The molecule has 0 saturated heterocycles. The van der Waals surface area contributed by atoms with Gasteiger partial charge in [0, 0.05) is 5.56 Å². The summed E-state index contributed by atoms with van der Waals surface area (Å²) in [5.41, 5.74) is 0.622. The summed E-state index contributed by atoms with van der Waals surface area (Å²) < 4.78 is 4.70. The molecule has 0 amide bonds. The van der Waals surface area contributed by atoms with Gasteiger partial charge in [-0.05, 0) is 6.07 Å². The first kappa shape index (κ1) is 6.67. The lowest BCUT2D eigenvalue weighted by Gasteiger charge is -1.76. The Balaban J connectivity index is 2.77. The van der Waals surface area contributed by atoms with Crippen LogP contribution in [0.3, 0.4) is 0 Å². The molecule has 0 N–H and O–H groups in total. The second kappa shape index (κ2) is 2.91. The van der Waals surface area contributed by atoms with Gasteiger partial charge < -0.3 is 4.42 Å². The number of furan rings is 1. The highest BCUT2D eigenvalue weighted by Gasteiger charge is 1.98. The van der Waals surface area contributed by atoms with E-state index in [4.69, 9.17) is 4.42 Å². The summed E-state index contributed by atoms with van der Waals surface area (Å²) in [6, 6.07) is 1.48. The molecule has 0 saturated carbocycles. The molecule has 0 atom stereocenters. The number of rotatable bonds is 3. The minimum Gasteiger partial charge on any atom is -0.461 e. The lowest BCUT2D eigenvalue weighted by atomic mass is 10.3. The first-order valence-electron chi connectivity index (χ1n) is 2.68. The molecular weight excluding hydrogens is 134 g/mol. The standard InChI is InChI=1S/C6H5NO3/c8-3-6-1-5(2-7-9)4-10-6/h1,3-4H,2H2. The van der Waals surface area contributed by atoms with E-state index in [1.807, 2.05) is 0 Å². The lowest BCUT2D eigenvalue weighted by molar-refractivity contribution is 0.110. The van der Waals surface area contributed by atoms with Crippen molar-refractivity contribution in [1.82, 2.24) is 0 Å². The maximum atomic E-state index is 10.0. The second-order valence-electron chi connectivity index (χ2n) is 1.76. The predicted molar refractivity (Wildman–Crippen MR) is 33.6 cm³/mol. The molecule has 1 aromatic rings. The molecule has 4 heteroatoms. The third-order valence-electron chi connectivity index (χ3n) is 1.04. The topological polar surface area (TPSA) is 59.6 Å². The van der Waals surface area contributed by atoms with Crippen LogP contribution in [0.25, 0.3) is 0 Å². The van der Waals surface area contributed by atoms with E-state index in [1.165, 1.54) is 12.3 Å². The molecule has 0 aliphatic heterocycles. The zero-order valence-electron chi connectivity index (χ0n) is 5.11. The summed E-state index contributed by atoms with van der Waals surface area (Å²) in [5, 5.41) is 2.63. The third-order valence-corrected chi connectivity index (χ3v) is 1.04. The van der Waals surface area contributed by atoms with Crippen molar-refractivity contribution in [3.8, 4) is 0 Å². The molecule has 1 rings (SSSR count). The van der Waals surface area contributed by atoms with E-state index in [-0.39, 0.29) is 12.3 Å². The zero-order chi connectivity index (χ0) is 7.40. The van der Waals surface area contributed by atoms with E-state index in [1.54, 1.807) is 0 Å². The van der Waals surface area contributed by atoms with Crippen molar-refractivity contribution in [3.05, 3.63) is 28.6 Å². The van der Waals surface area contributed by atoms with Crippen LogP contribution in [0.15, 0.2) is 21.9 Å². The van der Waals surface area contributed by atoms with Crippen molar-refractivity contribution in [2.45, 2.75) is 6.54 Å². The summed E-state index contributed by atoms with van der Waals surface area (Å²) in [4.78, 5) is 19.7. The highest BCUT2D eigenvalue weighted by Crippen LogP contribution is 2.05. The average molecular weight is 139 g/mol. The normalized spacial score (nSPS) is 9.20. The Morgan fingerprint density at radius 2 is 2.50 bits per heavy atom. The molecule has 0 aliphatic rings. The van der Waals surface area contributed by atoms with Gasteiger partial charge >= 0.3 is 0 Å². The molecule has 0 aliphatic carbocycles. The maximum absolute atomic E-state index is 10.0. The van der Waals surface area contributed by atoms with Gasteiger partial charge in [0.2, 0.25) is 0 Å². The Labute approximate surface area is 56.8 Å². The van der Waals surface area contributed by atoms with Crippen LogP contribution in [-0.2, 0) is 6.54 Å². The fraction of sp³-hybridized carbons (Fsp3) is 0.167. The van der Waals surface area contributed by atoms with Gasteiger partial charge in [-0.25, -0.2) is 0 Å². The quantitative estimate of drug-likeness (QED) is 0.469. The molecule has 0 radical (unpaired) electrons. The van der Waals surface area contributed by atoms with Crippen LogP contribution in [0.5, 0.6) is 0 Å². The van der Waals surface area contributed by atoms with Gasteiger partial charge in [-0.15, -0.1) is 0 Å². The van der Waals surface area contributed by atoms with Gasteiger partial charge in [0.05, 0.1) is 6.26 Å². The van der Waals surface area contributed by atoms with Crippen LogP contribution in [0.2, 0.25) is 0 Å². The number of hydrogen-bond donors (Lipinski definition) is 0. The van der Waals surface area contributed by atoms with Crippen molar-refractivity contribution >= 4 is 6.29 Å². The summed E-state index contributed by atoms with van der Waals surface area (Å²) in [6.45, 7) is 0.0529. The van der Waals surface area contributed by atoms with Crippen LogP contribution in [0.1, 0.15) is 16.1 Å². The van der Waals surface area contributed by atoms with Crippen LogP contribution >= 0.6 is 0 Å².